The lowest BCUT2D eigenvalue weighted by Crippen LogP contribution is -2.19. The molecule has 1 rings (SSSR count). The second-order valence-electron chi connectivity index (χ2n) is 4.09. The van der Waals surface area contributed by atoms with Gasteiger partial charge in [-0.3, -0.25) is 0 Å². The van der Waals surface area contributed by atoms with Crippen molar-refractivity contribution in [3.63, 3.8) is 0 Å². The van der Waals surface area contributed by atoms with E-state index in [1.54, 1.807) is 7.11 Å². The van der Waals surface area contributed by atoms with E-state index in [-0.39, 0.29) is 5.41 Å². The third-order valence-electron chi connectivity index (χ3n) is 3.31. The fraction of sp³-hybridized carbons (Fsp3) is 0.500. The first-order chi connectivity index (χ1) is 7.71. The van der Waals surface area contributed by atoms with Crippen LogP contribution >= 0.6 is 0 Å². The van der Waals surface area contributed by atoms with Crippen molar-refractivity contribution in [1.29, 1.82) is 5.26 Å². The molecular formula is C14H19NO. The molecule has 0 bridgehead atoms. The minimum atomic E-state index is -0.255. The number of benzene rings is 1. The molecule has 86 valence electrons. The molecule has 0 aliphatic rings. The van der Waals surface area contributed by atoms with Crippen molar-refractivity contribution in [2.75, 3.05) is 7.11 Å². The molecule has 0 amide bonds. The predicted molar refractivity (Wildman–Crippen MR) is 65.3 cm³/mol. The Balaban J connectivity index is 2.99. The van der Waals surface area contributed by atoms with Crippen molar-refractivity contribution in [3.8, 4) is 11.8 Å². The summed E-state index contributed by atoms with van der Waals surface area (Å²) < 4.78 is 5.32. The Morgan fingerprint density at radius 2 is 1.88 bits per heavy atom. The zero-order chi connectivity index (χ0) is 12.0. The molecule has 0 aliphatic heterocycles. The van der Waals surface area contributed by atoms with Crippen molar-refractivity contribution in [3.05, 3.63) is 29.8 Å². The third kappa shape index (κ3) is 2.55. The van der Waals surface area contributed by atoms with Crippen LogP contribution in [0.4, 0.5) is 0 Å². The second-order valence-corrected chi connectivity index (χ2v) is 4.09. The van der Waals surface area contributed by atoms with Gasteiger partial charge in [-0.1, -0.05) is 32.0 Å². The van der Waals surface area contributed by atoms with Gasteiger partial charge in [-0.05, 0) is 30.9 Å². The van der Waals surface area contributed by atoms with E-state index in [1.165, 1.54) is 0 Å². The van der Waals surface area contributed by atoms with Gasteiger partial charge in [0.2, 0.25) is 0 Å². The molecule has 0 atom stereocenters. The summed E-state index contributed by atoms with van der Waals surface area (Å²) in [6, 6.07) is 10.4. The fourth-order valence-corrected chi connectivity index (χ4v) is 1.91. The Hall–Kier alpha value is -1.49. The van der Waals surface area contributed by atoms with Gasteiger partial charge in [0, 0.05) is 0 Å². The Labute approximate surface area is 97.9 Å². The number of rotatable bonds is 5. The van der Waals surface area contributed by atoms with Gasteiger partial charge in [0.15, 0.2) is 0 Å². The van der Waals surface area contributed by atoms with Crippen LogP contribution in [0.2, 0.25) is 0 Å². The zero-order valence-electron chi connectivity index (χ0n) is 10.3. The number of nitriles is 1. The molecule has 0 saturated heterocycles. The highest BCUT2D eigenvalue weighted by molar-refractivity contribution is 5.34. The zero-order valence-corrected chi connectivity index (χ0v) is 10.3. The summed E-state index contributed by atoms with van der Waals surface area (Å²) in [5.41, 5.74) is 0.865. The van der Waals surface area contributed by atoms with Crippen LogP contribution in [0.5, 0.6) is 5.75 Å². The minimum absolute atomic E-state index is 0.255. The first-order valence-corrected chi connectivity index (χ1v) is 5.74. The lowest BCUT2D eigenvalue weighted by atomic mass is 9.78. The highest BCUT2D eigenvalue weighted by Crippen LogP contribution is 2.33. The second kappa shape index (κ2) is 5.55. The number of para-hydroxylation sites is 1. The summed E-state index contributed by atoms with van der Waals surface area (Å²) in [6.07, 6.45) is 2.51. The van der Waals surface area contributed by atoms with E-state index in [0.29, 0.717) is 0 Å². The topological polar surface area (TPSA) is 33.0 Å². The summed E-state index contributed by atoms with van der Waals surface area (Å²) in [7, 11) is 1.67. The van der Waals surface area contributed by atoms with E-state index >= 15 is 0 Å². The Morgan fingerprint density at radius 3 is 2.38 bits per heavy atom. The number of nitrogens with zero attached hydrogens (tertiary/aromatic N) is 1. The molecule has 0 aromatic heterocycles. The van der Waals surface area contributed by atoms with Crippen LogP contribution in [0.1, 0.15) is 32.3 Å². The molecule has 0 saturated carbocycles. The SMILES string of the molecule is CCC(C#N)(CC)Cc1ccccc1OC. The molecule has 0 N–H and O–H groups in total. The Morgan fingerprint density at radius 1 is 1.25 bits per heavy atom. The Kier molecular flexibility index (Phi) is 4.37. The smallest absolute Gasteiger partial charge is 0.122 e. The van der Waals surface area contributed by atoms with Crippen molar-refractivity contribution >= 4 is 0 Å². The van der Waals surface area contributed by atoms with Gasteiger partial charge in [0.25, 0.3) is 0 Å². The normalized spacial score (nSPS) is 10.9. The summed E-state index contributed by atoms with van der Waals surface area (Å²) in [5, 5.41) is 9.31. The molecule has 0 heterocycles. The van der Waals surface area contributed by atoms with Crippen LogP contribution < -0.4 is 4.74 Å². The van der Waals surface area contributed by atoms with Gasteiger partial charge >= 0.3 is 0 Å². The Bertz CT molecular complexity index is 375. The molecule has 2 nitrogen and oxygen atoms in total. The van der Waals surface area contributed by atoms with Gasteiger partial charge in [-0.15, -0.1) is 0 Å². The average molecular weight is 217 g/mol. The van der Waals surface area contributed by atoms with Crippen LogP contribution in [0.25, 0.3) is 0 Å². The third-order valence-corrected chi connectivity index (χ3v) is 3.31. The number of hydrogen-bond donors (Lipinski definition) is 0. The molecule has 16 heavy (non-hydrogen) atoms. The minimum Gasteiger partial charge on any atom is -0.496 e. The fourth-order valence-electron chi connectivity index (χ4n) is 1.91. The predicted octanol–water partition coefficient (Wildman–Crippen LogP) is 3.57. The maximum atomic E-state index is 9.31. The molecule has 1 aromatic rings. The van der Waals surface area contributed by atoms with E-state index in [0.717, 1.165) is 30.6 Å². The maximum Gasteiger partial charge on any atom is 0.122 e. The van der Waals surface area contributed by atoms with Crippen molar-refractivity contribution < 1.29 is 4.74 Å². The molecule has 0 spiro atoms. The van der Waals surface area contributed by atoms with Gasteiger partial charge in [-0.2, -0.15) is 5.26 Å². The van der Waals surface area contributed by atoms with E-state index in [9.17, 15) is 5.26 Å². The number of hydrogen-bond acceptors (Lipinski definition) is 2. The van der Waals surface area contributed by atoms with E-state index in [2.05, 4.69) is 19.9 Å². The highest BCUT2D eigenvalue weighted by atomic mass is 16.5. The lowest BCUT2D eigenvalue weighted by molar-refractivity contribution is 0.350. The lowest BCUT2D eigenvalue weighted by Gasteiger charge is -2.24. The van der Waals surface area contributed by atoms with Gasteiger partial charge in [-0.25, -0.2) is 0 Å². The van der Waals surface area contributed by atoms with E-state index in [4.69, 9.17) is 4.74 Å². The molecule has 2 heteroatoms. The van der Waals surface area contributed by atoms with Gasteiger partial charge in [0.1, 0.15) is 5.75 Å². The first-order valence-electron chi connectivity index (χ1n) is 5.74. The summed E-state index contributed by atoms with van der Waals surface area (Å²) in [6.45, 7) is 4.14. The van der Waals surface area contributed by atoms with Crippen LogP contribution in [0.15, 0.2) is 24.3 Å². The largest absolute Gasteiger partial charge is 0.496 e. The average Bonchev–Trinajstić information content (AvgIpc) is 2.36. The van der Waals surface area contributed by atoms with E-state index in [1.807, 2.05) is 24.3 Å². The molecular weight excluding hydrogens is 198 g/mol. The quantitative estimate of drug-likeness (QED) is 0.755. The maximum absolute atomic E-state index is 9.31. The number of methoxy groups -OCH3 is 1. The molecule has 1 aromatic carbocycles. The number of ether oxygens (including phenoxy) is 1. The van der Waals surface area contributed by atoms with Gasteiger partial charge in [0.05, 0.1) is 18.6 Å². The molecule has 0 aliphatic carbocycles. The summed E-state index contributed by atoms with van der Waals surface area (Å²) >= 11 is 0. The highest BCUT2D eigenvalue weighted by Gasteiger charge is 2.27. The summed E-state index contributed by atoms with van der Waals surface area (Å²) in [4.78, 5) is 0. The van der Waals surface area contributed by atoms with Crippen molar-refractivity contribution in [2.45, 2.75) is 33.1 Å². The van der Waals surface area contributed by atoms with Crippen molar-refractivity contribution in [2.24, 2.45) is 5.41 Å². The van der Waals surface area contributed by atoms with Crippen molar-refractivity contribution in [1.82, 2.24) is 0 Å². The standard InChI is InChI=1S/C14H19NO/c1-4-14(5-2,11-15)10-12-8-6-7-9-13(12)16-3/h6-9H,4-5,10H2,1-3H3. The van der Waals surface area contributed by atoms with Crippen LogP contribution in [-0.2, 0) is 6.42 Å². The molecule has 0 radical (unpaired) electrons. The van der Waals surface area contributed by atoms with Gasteiger partial charge < -0.3 is 4.74 Å². The van der Waals surface area contributed by atoms with Crippen LogP contribution in [0, 0.1) is 16.7 Å². The molecule has 0 fully saturated rings. The molecule has 0 unspecified atom stereocenters. The van der Waals surface area contributed by atoms with E-state index < -0.39 is 0 Å². The van der Waals surface area contributed by atoms with Crippen LogP contribution in [-0.4, -0.2) is 7.11 Å². The van der Waals surface area contributed by atoms with Crippen LogP contribution in [0.3, 0.4) is 0 Å². The summed E-state index contributed by atoms with van der Waals surface area (Å²) in [5.74, 6) is 0.879. The monoisotopic (exact) mass is 217 g/mol. The first kappa shape index (κ1) is 12.6.